The molecule has 1 spiro atoms. The van der Waals surface area contributed by atoms with Crippen molar-refractivity contribution < 1.29 is 43.1 Å². The monoisotopic (exact) mass is 559 g/mol. The summed E-state index contributed by atoms with van der Waals surface area (Å²) in [6.07, 6.45) is 0.631. The zero-order chi connectivity index (χ0) is 29.4. The molecule has 2 aliphatic carbocycles. The summed E-state index contributed by atoms with van der Waals surface area (Å²) in [4.78, 5) is 33.8. The van der Waals surface area contributed by atoms with Crippen LogP contribution in [0.5, 0.6) is 40.4 Å². The van der Waals surface area contributed by atoms with Gasteiger partial charge in [0.25, 0.3) is 0 Å². The Balaban J connectivity index is 1.74. The van der Waals surface area contributed by atoms with Crippen molar-refractivity contribution in [2.75, 3.05) is 42.7 Å². The molecule has 6 rings (SSSR count). The van der Waals surface area contributed by atoms with E-state index < -0.39 is 22.7 Å². The summed E-state index contributed by atoms with van der Waals surface area (Å²) in [5.41, 5.74) is 0.193. The first-order valence-corrected chi connectivity index (χ1v) is 12.9. The Morgan fingerprint density at radius 2 is 1.39 bits per heavy atom. The highest BCUT2D eigenvalue weighted by molar-refractivity contribution is 6.38. The smallest absolute Gasteiger partial charge is 0.225 e. The lowest BCUT2D eigenvalue weighted by Crippen LogP contribution is -2.36. The Kier molecular flexibility index (Phi) is 5.91. The largest absolute Gasteiger partial charge is 0.506 e. The van der Waals surface area contributed by atoms with E-state index in [0.29, 0.717) is 34.7 Å². The molecule has 10 heteroatoms. The maximum atomic E-state index is 14.7. The molecule has 0 saturated carbocycles. The third-order valence-electron chi connectivity index (χ3n) is 8.31. The molecule has 1 atom stereocenters. The Morgan fingerprint density at radius 3 is 2.00 bits per heavy atom. The second-order valence-corrected chi connectivity index (χ2v) is 10.1. The molecular weight excluding hydrogens is 530 g/mol. The van der Waals surface area contributed by atoms with Crippen molar-refractivity contribution in [3.05, 3.63) is 46.1 Å². The van der Waals surface area contributed by atoms with Gasteiger partial charge in [-0.2, -0.15) is 0 Å². The van der Waals surface area contributed by atoms with Gasteiger partial charge in [0.1, 0.15) is 28.4 Å². The predicted octanol–water partition coefficient (Wildman–Crippen LogP) is 4.72. The number of aromatic nitrogens is 1. The fraction of sp³-hybridized carbons (Fsp3) is 0.323. The summed E-state index contributed by atoms with van der Waals surface area (Å²) in [6, 6.07) is 5.41. The minimum Gasteiger partial charge on any atom is -0.506 e. The van der Waals surface area contributed by atoms with Crippen LogP contribution >= 0.6 is 0 Å². The Labute approximate surface area is 235 Å². The summed E-state index contributed by atoms with van der Waals surface area (Å²) < 4.78 is 34.1. The van der Waals surface area contributed by atoms with E-state index in [4.69, 9.17) is 28.4 Å². The number of carbonyl (C=O) groups is 2. The highest BCUT2D eigenvalue weighted by Gasteiger charge is 2.61. The normalized spacial score (nSPS) is 17.2. The topological polar surface area (TPSA) is 123 Å². The van der Waals surface area contributed by atoms with Crippen LogP contribution in [-0.4, -0.2) is 64.3 Å². The molecule has 0 fully saturated rings. The highest BCUT2D eigenvalue weighted by atomic mass is 16.5. The molecule has 212 valence electrons. The van der Waals surface area contributed by atoms with E-state index in [-0.39, 0.29) is 45.6 Å². The first-order valence-electron chi connectivity index (χ1n) is 12.9. The van der Waals surface area contributed by atoms with Crippen LogP contribution in [0.3, 0.4) is 0 Å². The van der Waals surface area contributed by atoms with Gasteiger partial charge >= 0.3 is 0 Å². The molecule has 41 heavy (non-hydrogen) atoms. The van der Waals surface area contributed by atoms with Gasteiger partial charge in [-0.15, -0.1) is 0 Å². The Bertz CT molecular complexity index is 1830. The predicted molar refractivity (Wildman–Crippen MR) is 150 cm³/mol. The second-order valence-electron chi connectivity index (χ2n) is 10.1. The SMILES string of the molecule is COc1cc(OC)c2c(O)c3c(c(OC)c2c1OC)C(=O)[C@@]1(CCc2cc4cc(C)nc(OC)c4c(OC)c21)C3=O. The average Bonchev–Trinajstić information content (AvgIpc) is 3.46. The first-order chi connectivity index (χ1) is 19.7. The van der Waals surface area contributed by atoms with Crippen LogP contribution in [0.15, 0.2) is 18.2 Å². The number of hydrogen-bond donors (Lipinski definition) is 1. The first kappa shape index (κ1) is 26.5. The fourth-order valence-electron chi connectivity index (χ4n) is 6.70. The zero-order valence-corrected chi connectivity index (χ0v) is 23.8. The molecule has 0 unspecified atom stereocenters. The molecule has 0 bridgehead atoms. The van der Waals surface area contributed by atoms with Crippen LogP contribution in [-0.2, 0) is 11.8 Å². The number of ether oxygens (including phenoxy) is 6. The standard InChI is InChI=1S/C31H29NO9/c1-13-10-15-11-14-8-9-31(23(14)27(40-6)18(15)30(32-13)41-7)28(34)20-22(29(31)35)26(39-5)21-19(24(20)33)16(36-2)12-17(37-3)25(21)38-4/h10-12,33H,8-9H2,1-7H3/t31-/m1/s1. The number of phenols is 1. The van der Waals surface area contributed by atoms with Crippen molar-refractivity contribution in [3.63, 3.8) is 0 Å². The van der Waals surface area contributed by atoms with E-state index in [9.17, 15) is 14.7 Å². The minimum atomic E-state index is -1.65. The van der Waals surface area contributed by atoms with Gasteiger partial charge in [-0.3, -0.25) is 9.59 Å². The van der Waals surface area contributed by atoms with Crippen LogP contribution in [0, 0.1) is 6.92 Å². The summed E-state index contributed by atoms with van der Waals surface area (Å²) >= 11 is 0. The number of fused-ring (bicyclic) bond motifs is 5. The van der Waals surface area contributed by atoms with E-state index in [1.807, 2.05) is 19.1 Å². The number of hydrogen-bond acceptors (Lipinski definition) is 10. The molecule has 1 aromatic heterocycles. The van der Waals surface area contributed by atoms with Crippen LogP contribution in [0.25, 0.3) is 21.5 Å². The van der Waals surface area contributed by atoms with Crippen molar-refractivity contribution in [1.82, 2.24) is 4.98 Å². The number of benzene rings is 3. The number of pyridine rings is 1. The number of ketones is 2. The van der Waals surface area contributed by atoms with E-state index in [1.54, 1.807) is 6.07 Å². The van der Waals surface area contributed by atoms with Crippen LogP contribution in [0.1, 0.15) is 44.0 Å². The minimum absolute atomic E-state index is 0.0277. The number of aromatic hydroxyl groups is 1. The molecule has 4 aromatic rings. The molecule has 2 aliphatic rings. The van der Waals surface area contributed by atoms with E-state index in [1.165, 1.54) is 42.7 Å². The van der Waals surface area contributed by atoms with Gasteiger partial charge in [-0.1, -0.05) is 6.07 Å². The fourth-order valence-corrected chi connectivity index (χ4v) is 6.70. The molecular formula is C31H29NO9. The van der Waals surface area contributed by atoms with Crippen LogP contribution in [0.2, 0.25) is 0 Å². The van der Waals surface area contributed by atoms with Gasteiger partial charge in [-0.05, 0) is 36.8 Å². The van der Waals surface area contributed by atoms with Gasteiger partial charge in [0.15, 0.2) is 23.1 Å². The summed E-state index contributed by atoms with van der Waals surface area (Å²) in [5.74, 6) is 0.0641. The molecule has 0 amide bonds. The number of carbonyl (C=O) groups excluding carboxylic acids is 2. The number of rotatable bonds is 6. The van der Waals surface area contributed by atoms with Crippen molar-refractivity contribution in [1.29, 1.82) is 0 Å². The third kappa shape index (κ3) is 3.15. The number of phenolic OH excluding ortho intramolecular Hbond substituents is 1. The van der Waals surface area contributed by atoms with Crippen molar-refractivity contribution in [2.24, 2.45) is 0 Å². The van der Waals surface area contributed by atoms with Gasteiger partial charge in [0, 0.05) is 17.3 Å². The zero-order valence-electron chi connectivity index (χ0n) is 23.8. The van der Waals surface area contributed by atoms with Crippen LogP contribution < -0.4 is 28.4 Å². The lowest BCUT2D eigenvalue weighted by Gasteiger charge is -2.24. The summed E-state index contributed by atoms with van der Waals surface area (Å²) in [5, 5.41) is 13.5. The molecule has 3 aromatic carbocycles. The average molecular weight is 560 g/mol. The Hall–Kier alpha value is -4.73. The van der Waals surface area contributed by atoms with E-state index >= 15 is 0 Å². The molecule has 1 heterocycles. The van der Waals surface area contributed by atoms with Crippen molar-refractivity contribution >= 4 is 33.1 Å². The molecule has 0 saturated heterocycles. The lowest BCUT2D eigenvalue weighted by molar-refractivity contribution is 0.0791. The van der Waals surface area contributed by atoms with E-state index in [2.05, 4.69) is 4.98 Å². The molecule has 10 nitrogen and oxygen atoms in total. The Morgan fingerprint density at radius 1 is 0.732 bits per heavy atom. The summed E-state index contributed by atoms with van der Waals surface area (Å²) in [7, 11) is 8.73. The maximum Gasteiger partial charge on any atom is 0.225 e. The van der Waals surface area contributed by atoms with Crippen LogP contribution in [0.4, 0.5) is 0 Å². The van der Waals surface area contributed by atoms with Gasteiger partial charge in [0.2, 0.25) is 5.88 Å². The lowest BCUT2D eigenvalue weighted by atomic mass is 9.76. The highest BCUT2D eigenvalue weighted by Crippen LogP contribution is 2.60. The quantitative estimate of drug-likeness (QED) is 0.332. The van der Waals surface area contributed by atoms with E-state index in [0.717, 1.165) is 16.6 Å². The molecule has 0 aliphatic heterocycles. The number of Topliss-reactive ketones (excluding diaryl/α,β-unsaturated/α-hetero) is 2. The van der Waals surface area contributed by atoms with Gasteiger partial charge < -0.3 is 33.5 Å². The number of methoxy groups -OCH3 is 6. The molecule has 0 radical (unpaired) electrons. The third-order valence-corrected chi connectivity index (χ3v) is 8.31. The second kappa shape index (κ2) is 9.15. The van der Waals surface area contributed by atoms with Crippen molar-refractivity contribution in [3.8, 4) is 40.4 Å². The van der Waals surface area contributed by atoms with Gasteiger partial charge in [0.05, 0.1) is 69.9 Å². The van der Waals surface area contributed by atoms with Gasteiger partial charge in [-0.25, -0.2) is 4.98 Å². The van der Waals surface area contributed by atoms with Crippen molar-refractivity contribution in [2.45, 2.75) is 25.2 Å². The summed E-state index contributed by atoms with van der Waals surface area (Å²) in [6.45, 7) is 1.86. The number of aryl methyl sites for hydroxylation is 2. The number of nitrogens with zero attached hydrogens (tertiary/aromatic N) is 1. The molecule has 1 N–H and O–H groups in total. The maximum absolute atomic E-state index is 14.7.